The summed E-state index contributed by atoms with van der Waals surface area (Å²) in [6.07, 6.45) is 3.16. The summed E-state index contributed by atoms with van der Waals surface area (Å²) < 4.78 is 31.7. The summed E-state index contributed by atoms with van der Waals surface area (Å²) in [6.45, 7) is 8.23. The van der Waals surface area contributed by atoms with Gasteiger partial charge in [-0.1, -0.05) is 13.8 Å². The number of amides is 1. The van der Waals surface area contributed by atoms with Crippen molar-refractivity contribution in [1.82, 2.24) is 15.5 Å². The summed E-state index contributed by atoms with van der Waals surface area (Å²) >= 11 is 0. The average molecular weight is 548 g/mol. The molecule has 3 N–H and O–H groups in total. The number of aliphatic hydroxyl groups excluding tert-OH is 1. The lowest BCUT2D eigenvalue weighted by Crippen LogP contribution is -2.49. The highest BCUT2D eigenvalue weighted by Gasteiger charge is 2.33. The van der Waals surface area contributed by atoms with Gasteiger partial charge in [0.2, 0.25) is 0 Å². The zero-order valence-electron chi connectivity index (χ0n) is 23.7. The van der Waals surface area contributed by atoms with Crippen LogP contribution in [0.1, 0.15) is 65.0 Å². The van der Waals surface area contributed by atoms with Crippen molar-refractivity contribution < 1.29 is 28.2 Å². The lowest BCUT2D eigenvalue weighted by molar-refractivity contribution is 0.0755. The minimum absolute atomic E-state index is 0.0190. The summed E-state index contributed by atoms with van der Waals surface area (Å²) in [5.74, 6) is -1.19. The number of ether oxygens (including phenoxy) is 1. The van der Waals surface area contributed by atoms with Crippen LogP contribution in [0.25, 0.3) is 0 Å². The number of carbonyl (C=O) groups is 2. The molecule has 0 saturated carbocycles. The minimum atomic E-state index is -0.665. The van der Waals surface area contributed by atoms with E-state index in [0.717, 1.165) is 43.8 Å². The molecule has 7 nitrogen and oxygen atoms in total. The van der Waals surface area contributed by atoms with Crippen LogP contribution in [0.15, 0.2) is 36.4 Å². The lowest BCUT2D eigenvalue weighted by atomic mass is 9.95. The molecule has 4 unspecified atom stereocenters. The normalized spacial score (nSPS) is 18.2. The van der Waals surface area contributed by atoms with E-state index in [1.165, 1.54) is 12.1 Å². The first-order chi connectivity index (χ1) is 18.6. The van der Waals surface area contributed by atoms with Crippen molar-refractivity contribution >= 4 is 12.2 Å². The van der Waals surface area contributed by atoms with E-state index >= 15 is 0 Å². The first kappa shape index (κ1) is 32.5. The highest BCUT2D eigenvalue weighted by Crippen LogP contribution is 2.18. The molecule has 3 rings (SSSR count). The van der Waals surface area contributed by atoms with Crippen LogP contribution in [0.2, 0.25) is 0 Å². The molecule has 216 valence electrons. The van der Waals surface area contributed by atoms with E-state index in [1.54, 1.807) is 26.3 Å². The van der Waals surface area contributed by atoms with Gasteiger partial charge in [-0.3, -0.25) is 9.59 Å². The van der Waals surface area contributed by atoms with Crippen LogP contribution in [0.3, 0.4) is 0 Å². The number of aryl methyl sites for hydroxylation is 1. The van der Waals surface area contributed by atoms with Gasteiger partial charge in [0.1, 0.15) is 17.9 Å². The fourth-order valence-electron chi connectivity index (χ4n) is 4.87. The number of carbonyl (C=O) groups excluding carboxylic acids is 2. The fraction of sp³-hybridized carbons (Fsp3) is 0.533. The number of halogens is 2. The van der Waals surface area contributed by atoms with Crippen LogP contribution >= 0.6 is 0 Å². The number of nitrogens with zero attached hydrogens (tertiary/aromatic N) is 1. The molecule has 2 aromatic carbocycles. The third-order valence-corrected chi connectivity index (χ3v) is 6.79. The molecule has 9 heteroatoms. The second-order valence-electron chi connectivity index (χ2n) is 10.0. The topological polar surface area (TPSA) is 90.9 Å². The number of likely N-dealkylation sites (N-methyl/N-ethyl adjacent to an activating group) is 1. The number of nitrogens with one attached hydrogen (secondary N) is 2. The van der Waals surface area contributed by atoms with Crippen molar-refractivity contribution in [1.29, 1.82) is 0 Å². The van der Waals surface area contributed by atoms with Gasteiger partial charge in [-0.05, 0) is 81.1 Å². The zero-order chi connectivity index (χ0) is 28.9. The van der Waals surface area contributed by atoms with Gasteiger partial charge in [-0.15, -0.1) is 0 Å². The Labute approximate surface area is 230 Å². The Morgan fingerprint density at radius 3 is 2.31 bits per heavy atom. The lowest BCUT2D eigenvalue weighted by Gasteiger charge is -2.27. The number of hydrogen-bond acceptors (Lipinski definition) is 6. The van der Waals surface area contributed by atoms with Crippen LogP contribution in [-0.2, 0) is 11.2 Å². The number of methoxy groups -OCH3 is 1. The van der Waals surface area contributed by atoms with Gasteiger partial charge < -0.3 is 25.4 Å². The Morgan fingerprint density at radius 2 is 1.79 bits per heavy atom. The average Bonchev–Trinajstić information content (AvgIpc) is 3.40. The molecule has 0 aromatic heterocycles. The number of hydrogen-bond donors (Lipinski definition) is 3. The van der Waals surface area contributed by atoms with E-state index in [1.807, 2.05) is 17.9 Å². The zero-order valence-corrected chi connectivity index (χ0v) is 23.7. The van der Waals surface area contributed by atoms with E-state index in [9.17, 15) is 23.5 Å². The Bertz CT molecular complexity index is 1040. The van der Waals surface area contributed by atoms with Crippen LogP contribution in [0.5, 0.6) is 0 Å². The Balaban J connectivity index is 0.000000277. The second-order valence-corrected chi connectivity index (χ2v) is 10.0. The van der Waals surface area contributed by atoms with Gasteiger partial charge in [0.15, 0.2) is 0 Å². The largest absolute Gasteiger partial charge is 0.390 e. The van der Waals surface area contributed by atoms with Crippen LogP contribution in [-0.4, -0.2) is 80.3 Å². The van der Waals surface area contributed by atoms with Crippen molar-refractivity contribution in [3.8, 4) is 0 Å². The fourth-order valence-corrected chi connectivity index (χ4v) is 4.87. The van der Waals surface area contributed by atoms with Crippen molar-refractivity contribution in [2.45, 2.75) is 70.7 Å². The molecule has 0 spiro atoms. The van der Waals surface area contributed by atoms with E-state index in [0.29, 0.717) is 36.1 Å². The maximum absolute atomic E-state index is 13.2. The molecule has 2 aromatic rings. The van der Waals surface area contributed by atoms with Crippen molar-refractivity contribution in [2.24, 2.45) is 0 Å². The van der Waals surface area contributed by atoms with Crippen molar-refractivity contribution in [3.63, 3.8) is 0 Å². The molecular formula is C30H43F2N3O4. The van der Waals surface area contributed by atoms with E-state index in [2.05, 4.69) is 24.5 Å². The number of aliphatic hydroxyl groups is 1. The molecule has 1 heterocycles. The van der Waals surface area contributed by atoms with Gasteiger partial charge in [0.25, 0.3) is 5.91 Å². The molecule has 1 fully saturated rings. The van der Waals surface area contributed by atoms with Crippen LogP contribution < -0.4 is 10.6 Å². The van der Waals surface area contributed by atoms with Gasteiger partial charge in [-0.25, -0.2) is 8.78 Å². The minimum Gasteiger partial charge on any atom is -0.390 e. The molecule has 0 aliphatic carbocycles. The predicted octanol–water partition coefficient (Wildman–Crippen LogP) is 3.90. The first-order valence-corrected chi connectivity index (χ1v) is 13.6. The van der Waals surface area contributed by atoms with Gasteiger partial charge in [-0.2, -0.15) is 0 Å². The molecule has 4 atom stereocenters. The van der Waals surface area contributed by atoms with Crippen LogP contribution in [0.4, 0.5) is 8.78 Å². The van der Waals surface area contributed by atoms with E-state index in [4.69, 9.17) is 4.74 Å². The Hall–Kier alpha value is -2.72. The SMILES string of the molecule is CCCN(CCC)C(=O)c1cc(C)cc(C=O)c1.CNC(Cc1cc(F)cc(F)c1)C(O)C1CC(OC)CN1. The standard InChI is InChI=1S/C15H22F2N2O2.C15H21NO2/c1-18-13(5-9-3-10(16)6-11(17)4-9)15(20)14-7-12(21-2)8-19-14;1-4-6-16(7-5-2)15(18)14-9-12(3)8-13(10-14)11-17/h3-4,6,12-15,18-20H,5,7-8H2,1-2H3;8-11H,4-7H2,1-3H3. The molecule has 1 saturated heterocycles. The highest BCUT2D eigenvalue weighted by atomic mass is 19.1. The number of rotatable bonds is 12. The van der Waals surface area contributed by atoms with Gasteiger partial charge in [0.05, 0.1) is 12.2 Å². The Morgan fingerprint density at radius 1 is 1.15 bits per heavy atom. The monoisotopic (exact) mass is 547 g/mol. The molecule has 0 bridgehead atoms. The molecule has 1 aliphatic heterocycles. The molecule has 1 aliphatic rings. The summed E-state index contributed by atoms with van der Waals surface area (Å²) in [4.78, 5) is 25.0. The van der Waals surface area contributed by atoms with E-state index < -0.39 is 17.7 Å². The highest BCUT2D eigenvalue weighted by molar-refractivity contribution is 5.96. The summed E-state index contributed by atoms with van der Waals surface area (Å²) in [5, 5.41) is 16.7. The van der Waals surface area contributed by atoms with E-state index in [-0.39, 0.29) is 24.1 Å². The molecular weight excluding hydrogens is 504 g/mol. The summed E-state index contributed by atoms with van der Waals surface area (Å²) in [6, 6.07) is 8.34. The third kappa shape index (κ3) is 10.1. The second kappa shape index (κ2) is 16.4. The third-order valence-electron chi connectivity index (χ3n) is 6.79. The number of benzene rings is 2. The summed E-state index contributed by atoms with van der Waals surface area (Å²) in [5.41, 5.74) is 2.63. The van der Waals surface area contributed by atoms with Crippen LogP contribution in [0, 0.1) is 18.6 Å². The number of aldehydes is 1. The first-order valence-electron chi connectivity index (χ1n) is 13.6. The summed E-state index contributed by atoms with van der Waals surface area (Å²) in [7, 11) is 3.37. The van der Waals surface area contributed by atoms with Crippen molar-refractivity contribution in [3.05, 3.63) is 70.3 Å². The molecule has 0 radical (unpaired) electrons. The van der Waals surface area contributed by atoms with Crippen molar-refractivity contribution in [2.75, 3.05) is 33.8 Å². The predicted molar refractivity (Wildman–Crippen MR) is 149 cm³/mol. The Kier molecular flexibility index (Phi) is 13.7. The van der Waals surface area contributed by atoms with Gasteiger partial charge >= 0.3 is 0 Å². The maximum atomic E-state index is 13.2. The molecule has 39 heavy (non-hydrogen) atoms. The quantitative estimate of drug-likeness (QED) is 0.349. The smallest absolute Gasteiger partial charge is 0.253 e. The van der Waals surface area contributed by atoms with Gasteiger partial charge in [0, 0.05) is 56.0 Å². The maximum Gasteiger partial charge on any atom is 0.253 e. The molecule has 1 amide bonds.